The summed E-state index contributed by atoms with van der Waals surface area (Å²) in [5.74, 6) is 2.02. The summed E-state index contributed by atoms with van der Waals surface area (Å²) in [5.41, 5.74) is 18.0. The molecule has 3 heterocycles. The van der Waals surface area contributed by atoms with Crippen LogP contribution >= 0.6 is 0 Å². The zero-order valence-electron chi connectivity index (χ0n) is 45.9. The molecule has 0 bridgehead atoms. The van der Waals surface area contributed by atoms with E-state index in [1.165, 1.54) is 44.5 Å². The number of rotatable bonds is 8. The molecule has 0 N–H and O–H groups in total. The van der Waals surface area contributed by atoms with Crippen molar-refractivity contribution in [1.29, 1.82) is 0 Å². The summed E-state index contributed by atoms with van der Waals surface area (Å²) in [6.07, 6.45) is 1.99. The zero-order valence-corrected chi connectivity index (χ0v) is 48.2. The summed E-state index contributed by atoms with van der Waals surface area (Å²) in [6, 6.07) is 70.9. The summed E-state index contributed by atoms with van der Waals surface area (Å²) >= 11 is 0. The van der Waals surface area contributed by atoms with Gasteiger partial charge in [0.2, 0.25) is 0 Å². The van der Waals surface area contributed by atoms with Crippen molar-refractivity contribution in [2.24, 2.45) is 0 Å². The topological polar surface area (TPSA) is 33.5 Å². The molecule has 2 aromatic heterocycles. The second-order valence-corrected chi connectivity index (χ2v) is 24.3. The molecule has 0 spiro atoms. The minimum absolute atomic E-state index is 0. The Morgan fingerprint density at radius 2 is 1.08 bits per heavy atom. The van der Waals surface area contributed by atoms with E-state index in [0.29, 0.717) is 11.5 Å². The van der Waals surface area contributed by atoms with E-state index >= 15 is 0 Å². The molecule has 8 aromatic carbocycles. The molecular weight excluding hydrogens is 1110 g/mol. The Morgan fingerprint density at radius 1 is 0.447 bits per heavy atom. The zero-order chi connectivity index (χ0) is 52.6. The van der Waals surface area contributed by atoms with E-state index in [1.54, 1.807) is 0 Å². The third-order valence-electron chi connectivity index (χ3n) is 14.7. The predicted molar refractivity (Wildman–Crippen MR) is 315 cm³/mol. The summed E-state index contributed by atoms with van der Waals surface area (Å²) in [7, 11) is 0. The average Bonchev–Trinajstić information content (AvgIpc) is 3.98. The number of hydrogen-bond acceptors (Lipinski definition) is 4. The van der Waals surface area contributed by atoms with Crippen LogP contribution in [0.2, 0.25) is 0 Å². The standard InChI is InChI=1S/C70H67N4O.Pt/c1-67(2,3)49-33-37-65(71-44-49)74-61-29-17-16-26-57(61)58-36-34-54(43-64(58)74)75-53-25-20-24-52(42-53)72-45-73(63-31-19-18-30-62(63)72)66-55(48-38-50(68(4,5)6)41-51(39-48)69(7,8)9)27-21-28-59(66)56-35-32-47(40-60(56)70(10,11)12)46-22-14-13-15-23-46;/h13-41,44-45H,1-12H3;/q-3;. The largest absolute Gasteiger partial charge is 0.509 e. The smallest absolute Gasteiger partial charge is 0.135 e. The van der Waals surface area contributed by atoms with Crippen molar-refractivity contribution in [3.05, 3.63) is 223 Å². The minimum Gasteiger partial charge on any atom is -0.509 e. The van der Waals surface area contributed by atoms with Gasteiger partial charge in [-0.3, -0.25) is 0 Å². The van der Waals surface area contributed by atoms with Gasteiger partial charge in [-0.05, 0) is 95.8 Å². The van der Waals surface area contributed by atoms with Gasteiger partial charge in [0.25, 0.3) is 0 Å². The van der Waals surface area contributed by atoms with E-state index in [-0.39, 0.29) is 42.7 Å². The fourth-order valence-corrected chi connectivity index (χ4v) is 10.5. The number of anilines is 4. The normalized spacial score (nSPS) is 13.1. The van der Waals surface area contributed by atoms with Crippen molar-refractivity contribution in [2.45, 2.75) is 105 Å². The van der Waals surface area contributed by atoms with Crippen LogP contribution in [0.4, 0.5) is 22.7 Å². The quantitative estimate of drug-likeness (QED) is 0.142. The molecule has 0 fully saturated rings. The van der Waals surface area contributed by atoms with Crippen LogP contribution in [-0.4, -0.2) is 9.55 Å². The van der Waals surface area contributed by atoms with Crippen molar-refractivity contribution in [3.8, 4) is 50.7 Å². The van der Waals surface area contributed by atoms with Gasteiger partial charge in [-0.15, -0.1) is 48.1 Å². The Morgan fingerprint density at radius 3 is 1.75 bits per heavy atom. The molecule has 76 heavy (non-hydrogen) atoms. The average molecular weight is 1180 g/mol. The molecule has 5 nitrogen and oxygen atoms in total. The van der Waals surface area contributed by atoms with Crippen LogP contribution in [0.1, 0.15) is 105 Å². The van der Waals surface area contributed by atoms with Gasteiger partial charge in [-0.2, -0.15) is 12.1 Å². The SMILES string of the molecule is CC(C)(C)c1ccc(-n2c3[c-]c(Oc4[c-]c(N5[CH-]N(c6c(-c7cc(C(C)(C)C)cc(C(C)(C)C)c7)cccc6-c6ccc(-c7ccccc7)cc6C(C)(C)C)c6ccccc65)ccc4)ccc3c3ccccc32)nc1.[Pt]. The molecule has 386 valence electrons. The van der Waals surface area contributed by atoms with Crippen molar-refractivity contribution in [3.63, 3.8) is 0 Å². The number of nitrogens with zero attached hydrogens (tertiary/aromatic N) is 4. The monoisotopic (exact) mass is 1170 g/mol. The fourth-order valence-electron chi connectivity index (χ4n) is 10.5. The van der Waals surface area contributed by atoms with Gasteiger partial charge in [0, 0.05) is 72.5 Å². The third kappa shape index (κ3) is 9.91. The minimum atomic E-state index is -0.167. The van der Waals surface area contributed by atoms with Gasteiger partial charge in [0.05, 0.1) is 0 Å². The van der Waals surface area contributed by atoms with E-state index in [4.69, 9.17) is 9.72 Å². The first-order valence-corrected chi connectivity index (χ1v) is 26.4. The van der Waals surface area contributed by atoms with Crippen molar-refractivity contribution in [2.75, 3.05) is 9.80 Å². The van der Waals surface area contributed by atoms with E-state index in [2.05, 4.69) is 274 Å². The molecule has 1 aliphatic rings. The van der Waals surface area contributed by atoms with Crippen molar-refractivity contribution < 1.29 is 25.8 Å². The Kier molecular flexibility index (Phi) is 13.6. The molecule has 11 rings (SSSR count). The molecule has 0 amide bonds. The molecular formula is C70H67N4OPt-3. The number of benzene rings is 8. The fraction of sp³-hybridized carbons (Fsp3) is 0.229. The predicted octanol–water partition coefficient (Wildman–Crippen LogP) is 19.2. The molecule has 0 aliphatic carbocycles. The Labute approximate surface area is 465 Å². The van der Waals surface area contributed by atoms with Gasteiger partial charge in [-0.25, -0.2) is 4.98 Å². The Hall–Kier alpha value is -7.20. The molecule has 1 aliphatic heterocycles. The Balaban J connectivity index is 0.00000657. The number of pyridine rings is 1. The van der Waals surface area contributed by atoms with E-state index in [1.807, 2.05) is 24.4 Å². The maximum atomic E-state index is 6.76. The summed E-state index contributed by atoms with van der Waals surface area (Å²) in [4.78, 5) is 9.64. The van der Waals surface area contributed by atoms with Crippen molar-refractivity contribution >= 4 is 44.6 Å². The maximum Gasteiger partial charge on any atom is 0.135 e. The first-order chi connectivity index (χ1) is 35.7. The second kappa shape index (κ2) is 19.7. The number of ether oxygens (including phenoxy) is 1. The van der Waals surface area contributed by atoms with Gasteiger partial charge < -0.3 is 19.1 Å². The van der Waals surface area contributed by atoms with Crippen LogP contribution in [0.25, 0.3) is 61.0 Å². The Bertz CT molecular complexity index is 3740. The van der Waals surface area contributed by atoms with E-state index in [9.17, 15) is 0 Å². The van der Waals surface area contributed by atoms with Crippen LogP contribution in [-0.2, 0) is 42.7 Å². The number of aromatic nitrogens is 2. The molecule has 0 saturated carbocycles. The number of para-hydroxylation sites is 4. The van der Waals surface area contributed by atoms with E-state index in [0.717, 1.165) is 61.5 Å². The number of fused-ring (bicyclic) bond motifs is 4. The number of hydrogen-bond donors (Lipinski definition) is 0. The molecule has 0 atom stereocenters. The van der Waals surface area contributed by atoms with Crippen LogP contribution in [0.15, 0.2) is 182 Å². The van der Waals surface area contributed by atoms with Crippen molar-refractivity contribution in [1.82, 2.24) is 9.55 Å². The first kappa shape index (κ1) is 52.2. The molecule has 10 aromatic rings. The third-order valence-corrected chi connectivity index (χ3v) is 14.7. The molecule has 6 heteroatoms. The molecule has 0 radical (unpaired) electrons. The van der Waals surface area contributed by atoms with Gasteiger partial charge in [0.15, 0.2) is 0 Å². The molecule has 0 saturated heterocycles. The van der Waals surface area contributed by atoms with Crippen LogP contribution in [0.5, 0.6) is 11.5 Å². The van der Waals surface area contributed by atoms with Crippen LogP contribution in [0.3, 0.4) is 0 Å². The second-order valence-electron chi connectivity index (χ2n) is 24.3. The van der Waals surface area contributed by atoms with Gasteiger partial charge >= 0.3 is 0 Å². The van der Waals surface area contributed by atoms with Crippen LogP contribution in [0, 0.1) is 18.8 Å². The summed E-state index contributed by atoms with van der Waals surface area (Å²) < 4.78 is 8.94. The molecule has 0 unspecified atom stereocenters. The van der Waals surface area contributed by atoms with Crippen LogP contribution < -0.4 is 14.5 Å². The van der Waals surface area contributed by atoms with Gasteiger partial charge in [0.1, 0.15) is 5.82 Å². The van der Waals surface area contributed by atoms with E-state index < -0.39 is 0 Å². The summed E-state index contributed by atoms with van der Waals surface area (Å²) in [5, 5.41) is 2.22. The van der Waals surface area contributed by atoms with Gasteiger partial charge in [-0.1, -0.05) is 210 Å². The first-order valence-electron chi connectivity index (χ1n) is 26.4. The summed E-state index contributed by atoms with van der Waals surface area (Å²) in [6.45, 7) is 29.8. The maximum absolute atomic E-state index is 6.76.